The molecule has 0 bridgehead atoms. The lowest BCUT2D eigenvalue weighted by Crippen LogP contribution is -2.53. The minimum absolute atomic E-state index is 0.0745. The Balaban J connectivity index is 2.40. The highest BCUT2D eigenvalue weighted by Gasteiger charge is 2.40. The molecule has 1 aromatic heterocycles. The Morgan fingerprint density at radius 1 is 1.44 bits per heavy atom. The Bertz CT molecular complexity index is 757. The molecule has 0 spiro atoms. The fourth-order valence-corrected chi connectivity index (χ4v) is 3.02. The first-order valence-corrected chi connectivity index (χ1v) is 8.63. The molecule has 1 atom stereocenters. The van der Waals surface area contributed by atoms with Gasteiger partial charge in [-0.15, -0.1) is 4.41 Å². The summed E-state index contributed by atoms with van der Waals surface area (Å²) in [6.45, 7) is 8.63. The molecule has 0 fully saturated rings. The second-order valence-electron chi connectivity index (χ2n) is 6.18. The number of esters is 1. The van der Waals surface area contributed by atoms with E-state index in [0.717, 1.165) is 16.0 Å². The number of aromatic nitrogens is 2. The van der Waals surface area contributed by atoms with Crippen molar-refractivity contribution in [3.63, 3.8) is 0 Å². The van der Waals surface area contributed by atoms with Crippen LogP contribution in [-0.2, 0) is 16.0 Å². The predicted molar refractivity (Wildman–Crippen MR) is 89.1 cm³/mol. The van der Waals surface area contributed by atoms with E-state index in [9.17, 15) is 18.4 Å². The lowest BCUT2D eigenvalue weighted by molar-refractivity contribution is 0.0525. The van der Waals surface area contributed by atoms with E-state index in [0.29, 0.717) is 16.5 Å². The smallest absolute Gasteiger partial charge is 0.373 e. The molecule has 1 unspecified atom stereocenters. The molecule has 0 radical (unpaired) electrons. The molecular formula is C14H20N5O5S-. The monoisotopic (exact) mass is 370 g/mol. The molecule has 10 nitrogen and oxygen atoms in total. The van der Waals surface area contributed by atoms with Crippen LogP contribution in [0.1, 0.15) is 50.2 Å². The summed E-state index contributed by atoms with van der Waals surface area (Å²) in [5, 5.41) is 9.16. The van der Waals surface area contributed by atoms with E-state index in [1.54, 1.807) is 27.7 Å². The van der Waals surface area contributed by atoms with Gasteiger partial charge in [-0.2, -0.15) is 15.0 Å². The molecule has 0 aromatic carbocycles. The van der Waals surface area contributed by atoms with Gasteiger partial charge < -0.3 is 9.29 Å². The molecule has 0 aliphatic carbocycles. The van der Waals surface area contributed by atoms with Crippen LogP contribution >= 0.6 is 0 Å². The summed E-state index contributed by atoms with van der Waals surface area (Å²) >= 11 is -2.97. The van der Waals surface area contributed by atoms with Gasteiger partial charge in [0.15, 0.2) is 0 Å². The zero-order valence-electron chi connectivity index (χ0n) is 14.7. The van der Waals surface area contributed by atoms with Crippen molar-refractivity contribution in [3.8, 4) is 0 Å². The molecule has 0 saturated carbocycles. The number of amides is 2. The quantitative estimate of drug-likeness (QED) is 0.578. The SMILES string of the molecule is CCOC(=O)c1cn(N(C(=O)N2N=C(C)CC2(C)C)S(=O)[O-])nc1C. The first-order valence-electron chi connectivity index (χ1n) is 7.60. The number of carbonyl (C=O) groups is 2. The normalized spacial score (nSPS) is 17.2. The van der Waals surface area contributed by atoms with Gasteiger partial charge in [-0.3, -0.25) is 0 Å². The fraction of sp³-hybridized carbons (Fsp3) is 0.571. The molecule has 2 heterocycles. The van der Waals surface area contributed by atoms with Crippen LogP contribution in [0.5, 0.6) is 0 Å². The summed E-state index contributed by atoms with van der Waals surface area (Å²) < 4.78 is 28.6. The van der Waals surface area contributed by atoms with E-state index in [4.69, 9.17) is 4.74 Å². The number of hydrazone groups is 1. The Kier molecular flexibility index (Phi) is 5.28. The highest BCUT2D eigenvalue weighted by Crippen LogP contribution is 2.28. The van der Waals surface area contributed by atoms with E-state index in [1.807, 2.05) is 0 Å². The van der Waals surface area contributed by atoms with Gasteiger partial charge in [0, 0.05) is 12.1 Å². The van der Waals surface area contributed by atoms with Crippen molar-refractivity contribution in [1.29, 1.82) is 0 Å². The maximum absolute atomic E-state index is 12.7. The van der Waals surface area contributed by atoms with Crippen molar-refractivity contribution in [2.24, 2.45) is 5.10 Å². The van der Waals surface area contributed by atoms with Crippen molar-refractivity contribution in [1.82, 2.24) is 14.9 Å². The van der Waals surface area contributed by atoms with E-state index in [1.165, 1.54) is 6.92 Å². The third-order valence-electron chi connectivity index (χ3n) is 3.59. The molecule has 0 N–H and O–H groups in total. The summed E-state index contributed by atoms with van der Waals surface area (Å²) in [5.41, 5.74) is 0.344. The molecule has 138 valence electrons. The van der Waals surface area contributed by atoms with E-state index in [2.05, 4.69) is 10.2 Å². The molecule has 1 aliphatic rings. The Hall–Kier alpha value is -2.27. The van der Waals surface area contributed by atoms with Crippen LogP contribution in [-0.4, -0.2) is 53.5 Å². The zero-order valence-corrected chi connectivity index (χ0v) is 15.5. The molecule has 2 rings (SSSR count). The summed E-state index contributed by atoms with van der Waals surface area (Å²) in [6, 6.07) is -0.895. The highest BCUT2D eigenvalue weighted by atomic mass is 32.2. The van der Waals surface area contributed by atoms with Crippen molar-refractivity contribution in [2.45, 2.75) is 46.6 Å². The van der Waals surface area contributed by atoms with E-state index < -0.39 is 28.8 Å². The second-order valence-corrected chi connectivity index (χ2v) is 6.96. The number of nitrogens with zero attached hydrogens (tertiary/aromatic N) is 5. The molecule has 2 amide bonds. The minimum Gasteiger partial charge on any atom is -0.754 e. The predicted octanol–water partition coefficient (Wildman–Crippen LogP) is 1.08. The van der Waals surface area contributed by atoms with Crippen molar-refractivity contribution in [3.05, 3.63) is 17.5 Å². The summed E-state index contributed by atoms with van der Waals surface area (Å²) in [5.74, 6) is -0.648. The number of carbonyl (C=O) groups excluding carboxylic acids is 2. The van der Waals surface area contributed by atoms with Gasteiger partial charge in [0.05, 0.1) is 35.3 Å². The van der Waals surface area contributed by atoms with Crippen LogP contribution in [0.2, 0.25) is 0 Å². The molecular weight excluding hydrogens is 350 g/mol. The van der Waals surface area contributed by atoms with Gasteiger partial charge in [0.25, 0.3) is 0 Å². The first-order chi connectivity index (χ1) is 11.6. The summed E-state index contributed by atoms with van der Waals surface area (Å²) in [4.78, 5) is 25.4. The van der Waals surface area contributed by atoms with Crippen molar-refractivity contribution < 1.29 is 23.1 Å². The zero-order chi connectivity index (χ0) is 18.9. The maximum Gasteiger partial charge on any atom is 0.373 e. The first kappa shape index (κ1) is 19.1. The number of aryl methyl sites for hydroxylation is 1. The van der Waals surface area contributed by atoms with Gasteiger partial charge in [-0.1, -0.05) is 0 Å². The number of rotatable bonds is 4. The molecule has 1 aromatic rings. The number of hydrogen-bond donors (Lipinski definition) is 0. The Labute approximate surface area is 147 Å². The van der Waals surface area contributed by atoms with Gasteiger partial charge >= 0.3 is 12.0 Å². The molecule has 25 heavy (non-hydrogen) atoms. The van der Waals surface area contributed by atoms with Crippen LogP contribution in [0, 0.1) is 6.92 Å². The molecule has 1 aliphatic heterocycles. The van der Waals surface area contributed by atoms with Crippen LogP contribution in [0.15, 0.2) is 11.3 Å². The van der Waals surface area contributed by atoms with E-state index in [-0.39, 0.29) is 17.9 Å². The molecule has 0 saturated heterocycles. The summed E-state index contributed by atoms with van der Waals surface area (Å²) in [7, 11) is 0. The standard InChI is InChI=1S/C14H21N5O5S/c1-6-24-12(20)11-8-17(16-10(11)3)19(25(22)23)13(21)18-14(4,5)7-9(2)15-18/h8H,6-7H2,1-5H3,(H,22,23)/p-1. The minimum atomic E-state index is -2.97. The van der Waals surface area contributed by atoms with Gasteiger partial charge in [-0.25, -0.2) is 18.8 Å². The maximum atomic E-state index is 12.7. The highest BCUT2D eigenvalue weighted by molar-refractivity contribution is 7.81. The molecule has 11 heteroatoms. The van der Waals surface area contributed by atoms with Crippen LogP contribution < -0.4 is 4.41 Å². The van der Waals surface area contributed by atoms with Gasteiger partial charge in [0.1, 0.15) is 5.56 Å². The van der Waals surface area contributed by atoms with Crippen LogP contribution in [0.25, 0.3) is 0 Å². The van der Waals surface area contributed by atoms with Crippen molar-refractivity contribution >= 4 is 29.0 Å². The Morgan fingerprint density at radius 3 is 2.56 bits per heavy atom. The lowest BCUT2D eigenvalue weighted by atomic mass is 9.99. The average Bonchev–Trinajstić information content (AvgIpc) is 2.98. The number of ether oxygens (including phenoxy) is 1. The summed E-state index contributed by atoms with van der Waals surface area (Å²) in [6.07, 6.45) is 1.66. The fourth-order valence-electron chi connectivity index (χ4n) is 2.59. The second kappa shape index (κ2) is 6.92. The van der Waals surface area contributed by atoms with Crippen molar-refractivity contribution in [2.75, 3.05) is 11.0 Å². The number of urea groups is 1. The topological polar surface area (TPSA) is 120 Å². The Morgan fingerprint density at radius 2 is 2.08 bits per heavy atom. The third kappa shape index (κ3) is 3.71. The average molecular weight is 370 g/mol. The van der Waals surface area contributed by atoms with Gasteiger partial charge in [-0.05, 0) is 34.6 Å². The van der Waals surface area contributed by atoms with E-state index >= 15 is 0 Å². The lowest BCUT2D eigenvalue weighted by Gasteiger charge is -2.33. The third-order valence-corrected chi connectivity index (χ3v) is 4.19. The largest absolute Gasteiger partial charge is 0.754 e. The number of hydrogen-bond acceptors (Lipinski definition) is 7. The van der Waals surface area contributed by atoms with Gasteiger partial charge in [0.2, 0.25) is 0 Å². The van der Waals surface area contributed by atoms with Crippen LogP contribution in [0.3, 0.4) is 0 Å². The van der Waals surface area contributed by atoms with Crippen LogP contribution in [0.4, 0.5) is 4.79 Å².